The highest BCUT2D eigenvalue weighted by atomic mass is 35.5. The Balaban J connectivity index is 2.15. The summed E-state index contributed by atoms with van der Waals surface area (Å²) in [7, 11) is 1.56. The largest absolute Gasteiger partial charge is 0.496 e. The van der Waals surface area contributed by atoms with E-state index < -0.39 is 0 Å². The summed E-state index contributed by atoms with van der Waals surface area (Å²) < 4.78 is 11.1. The molecule has 0 saturated heterocycles. The van der Waals surface area contributed by atoms with Gasteiger partial charge in [-0.25, -0.2) is 0 Å². The fourth-order valence-corrected chi connectivity index (χ4v) is 2.34. The number of aromatic nitrogens is 1. The van der Waals surface area contributed by atoms with Crippen LogP contribution in [0.25, 0.3) is 0 Å². The van der Waals surface area contributed by atoms with E-state index in [0.29, 0.717) is 27.8 Å². The average molecular weight is 349 g/mol. The summed E-state index contributed by atoms with van der Waals surface area (Å²) in [5.41, 5.74) is 0.861. The lowest BCUT2D eigenvalue weighted by molar-refractivity contribution is -0.115. The number of rotatable bonds is 5. The summed E-state index contributed by atoms with van der Waals surface area (Å²) in [5, 5.41) is 3.38. The molecule has 1 N–H and O–H groups in total. The van der Waals surface area contributed by atoms with Crippen molar-refractivity contribution < 1.29 is 14.3 Å². The van der Waals surface area contributed by atoms with Crippen LogP contribution in [0.1, 0.15) is 26.3 Å². The van der Waals surface area contributed by atoms with Gasteiger partial charge >= 0.3 is 0 Å². The Hall–Kier alpha value is -2.27. The van der Waals surface area contributed by atoms with Gasteiger partial charge in [0.2, 0.25) is 5.91 Å². The maximum atomic E-state index is 12.4. The Labute approximate surface area is 147 Å². The molecule has 0 aliphatic heterocycles. The molecule has 0 bridgehead atoms. The molecular formula is C18H21ClN2O3. The number of carbonyl (C=O) groups excluding carboxylic acids is 1. The smallest absolute Gasteiger partial charge is 0.229 e. The molecule has 24 heavy (non-hydrogen) atoms. The van der Waals surface area contributed by atoms with Gasteiger partial charge in [0.1, 0.15) is 22.8 Å². The van der Waals surface area contributed by atoms with Crippen LogP contribution >= 0.6 is 11.6 Å². The van der Waals surface area contributed by atoms with E-state index >= 15 is 0 Å². The zero-order valence-electron chi connectivity index (χ0n) is 14.2. The second-order valence-corrected chi connectivity index (χ2v) is 6.70. The lowest BCUT2D eigenvalue weighted by Crippen LogP contribution is -2.24. The Morgan fingerprint density at radius 3 is 2.67 bits per heavy atom. The van der Waals surface area contributed by atoms with E-state index in [1.165, 1.54) is 0 Å². The second-order valence-electron chi connectivity index (χ2n) is 6.27. The molecule has 0 radical (unpaired) electrons. The number of nitrogens with one attached hydrogen (secondary N) is 1. The molecule has 2 aromatic rings. The molecule has 5 nitrogen and oxygen atoms in total. The SMILES string of the molecule is COc1ccc(Cl)cc1CC(=O)Nc1cnccc1OC(C)(C)C. The van der Waals surface area contributed by atoms with Crippen LogP contribution in [0, 0.1) is 0 Å². The van der Waals surface area contributed by atoms with Gasteiger partial charge in [-0.1, -0.05) is 11.6 Å². The van der Waals surface area contributed by atoms with Gasteiger partial charge in [-0.15, -0.1) is 0 Å². The molecule has 1 heterocycles. The molecule has 0 fully saturated rings. The number of halogens is 1. The molecule has 1 aromatic heterocycles. The maximum absolute atomic E-state index is 12.4. The number of methoxy groups -OCH3 is 1. The molecule has 1 amide bonds. The molecule has 0 unspecified atom stereocenters. The van der Waals surface area contributed by atoms with Crippen molar-refractivity contribution in [2.24, 2.45) is 0 Å². The van der Waals surface area contributed by atoms with Crippen molar-refractivity contribution in [1.82, 2.24) is 4.98 Å². The van der Waals surface area contributed by atoms with Gasteiger partial charge in [-0.2, -0.15) is 0 Å². The van der Waals surface area contributed by atoms with Crippen molar-refractivity contribution in [1.29, 1.82) is 0 Å². The third kappa shape index (κ3) is 5.13. The minimum Gasteiger partial charge on any atom is -0.496 e. The summed E-state index contributed by atoms with van der Waals surface area (Å²) in [6, 6.07) is 6.90. The van der Waals surface area contributed by atoms with Gasteiger partial charge in [0.05, 0.1) is 19.7 Å². The van der Waals surface area contributed by atoms with Crippen molar-refractivity contribution in [3.63, 3.8) is 0 Å². The number of hydrogen-bond donors (Lipinski definition) is 1. The fraction of sp³-hybridized carbons (Fsp3) is 0.333. The summed E-state index contributed by atoms with van der Waals surface area (Å²) >= 11 is 6.00. The highest BCUT2D eigenvalue weighted by molar-refractivity contribution is 6.30. The molecule has 0 saturated carbocycles. The van der Waals surface area contributed by atoms with E-state index in [2.05, 4.69) is 10.3 Å². The predicted molar refractivity (Wildman–Crippen MR) is 95.0 cm³/mol. The van der Waals surface area contributed by atoms with Crippen LogP contribution in [0.2, 0.25) is 5.02 Å². The number of anilines is 1. The average Bonchev–Trinajstić information content (AvgIpc) is 2.48. The monoisotopic (exact) mass is 348 g/mol. The van der Waals surface area contributed by atoms with Crippen molar-refractivity contribution in [3.05, 3.63) is 47.2 Å². The topological polar surface area (TPSA) is 60.5 Å². The molecule has 0 aliphatic carbocycles. The van der Waals surface area contributed by atoms with Crippen molar-refractivity contribution in [3.8, 4) is 11.5 Å². The highest BCUT2D eigenvalue weighted by Crippen LogP contribution is 2.28. The van der Waals surface area contributed by atoms with Gasteiger partial charge < -0.3 is 14.8 Å². The first-order valence-electron chi connectivity index (χ1n) is 7.54. The van der Waals surface area contributed by atoms with Gasteiger partial charge in [-0.05, 0) is 39.0 Å². The molecule has 0 aliphatic rings. The van der Waals surface area contributed by atoms with Gasteiger partial charge in [0.25, 0.3) is 0 Å². The quantitative estimate of drug-likeness (QED) is 0.883. The van der Waals surface area contributed by atoms with Gasteiger partial charge in [-0.3, -0.25) is 9.78 Å². The van der Waals surface area contributed by atoms with E-state index in [4.69, 9.17) is 21.1 Å². The fourth-order valence-electron chi connectivity index (χ4n) is 2.15. The van der Waals surface area contributed by atoms with Crippen LogP contribution in [-0.2, 0) is 11.2 Å². The number of carbonyl (C=O) groups is 1. The number of ether oxygens (including phenoxy) is 2. The molecule has 0 spiro atoms. The molecule has 1 aromatic carbocycles. The lowest BCUT2D eigenvalue weighted by Gasteiger charge is -2.23. The third-order valence-corrected chi connectivity index (χ3v) is 3.30. The first-order chi connectivity index (χ1) is 11.3. The number of benzene rings is 1. The number of pyridine rings is 1. The van der Waals surface area contributed by atoms with Crippen LogP contribution in [0.3, 0.4) is 0 Å². The van der Waals surface area contributed by atoms with Crippen LogP contribution in [-0.4, -0.2) is 23.6 Å². The number of amides is 1. The van der Waals surface area contributed by atoms with Crippen LogP contribution in [0.4, 0.5) is 5.69 Å². The van der Waals surface area contributed by atoms with Gasteiger partial charge in [0, 0.05) is 22.8 Å². The Kier molecular flexibility index (Phi) is 5.67. The zero-order valence-corrected chi connectivity index (χ0v) is 15.0. The summed E-state index contributed by atoms with van der Waals surface area (Å²) in [6.45, 7) is 5.82. The maximum Gasteiger partial charge on any atom is 0.229 e. The number of hydrogen-bond acceptors (Lipinski definition) is 4. The Morgan fingerprint density at radius 1 is 1.25 bits per heavy atom. The van der Waals surface area contributed by atoms with E-state index in [1.54, 1.807) is 43.8 Å². The highest BCUT2D eigenvalue weighted by Gasteiger charge is 2.17. The van der Waals surface area contributed by atoms with E-state index in [0.717, 1.165) is 0 Å². The van der Waals surface area contributed by atoms with Crippen molar-refractivity contribution in [2.75, 3.05) is 12.4 Å². The van der Waals surface area contributed by atoms with Crippen LogP contribution in [0.15, 0.2) is 36.7 Å². The summed E-state index contributed by atoms with van der Waals surface area (Å²) in [6.07, 6.45) is 3.32. The first-order valence-corrected chi connectivity index (χ1v) is 7.91. The molecule has 128 valence electrons. The second kappa shape index (κ2) is 7.53. The van der Waals surface area contributed by atoms with Crippen LogP contribution in [0.5, 0.6) is 11.5 Å². The van der Waals surface area contributed by atoms with E-state index in [1.807, 2.05) is 20.8 Å². The minimum atomic E-state index is -0.378. The summed E-state index contributed by atoms with van der Waals surface area (Å²) in [4.78, 5) is 16.4. The lowest BCUT2D eigenvalue weighted by atomic mass is 10.1. The molecule has 2 rings (SSSR count). The van der Waals surface area contributed by atoms with E-state index in [9.17, 15) is 4.79 Å². The third-order valence-electron chi connectivity index (χ3n) is 3.06. The normalized spacial score (nSPS) is 11.0. The number of nitrogens with zero attached hydrogens (tertiary/aromatic N) is 1. The molecule has 0 atom stereocenters. The Morgan fingerprint density at radius 2 is 2.00 bits per heavy atom. The van der Waals surface area contributed by atoms with Crippen molar-refractivity contribution >= 4 is 23.2 Å². The molecular weight excluding hydrogens is 328 g/mol. The first kappa shape index (κ1) is 18.1. The standard InChI is InChI=1S/C18H21ClN2O3/c1-18(2,3)24-16-7-8-20-11-14(16)21-17(22)10-12-9-13(19)5-6-15(12)23-4/h5-9,11H,10H2,1-4H3,(H,21,22). The molecule has 6 heteroatoms. The van der Waals surface area contributed by atoms with Crippen LogP contribution < -0.4 is 14.8 Å². The zero-order chi connectivity index (χ0) is 17.7. The van der Waals surface area contributed by atoms with E-state index in [-0.39, 0.29) is 17.9 Å². The summed E-state index contributed by atoms with van der Waals surface area (Å²) in [5.74, 6) is 0.984. The van der Waals surface area contributed by atoms with Crippen molar-refractivity contribution in [2.45, 2.75) is 32.8 Å². The van der Waals surface area contributed by atoms with Gasteiger partial charge in [0.15, 0.2) is 0 Å². The predicted octanol–water partition coefficient (Wildman–Crippen LogP) is 4.10. The minimum absolute atomic E-state index is 0.133. The Bertz CT molecular complexity index is 726.